The number of amides is 1. The highest BCUT2D eigenvalue weighted by molar-refractivity contribution is 7.80. The van der Waals surface area contributed by atoms with Gasteiger partial charge in [0, 0.05) is 6.42 Å². The van der Waals surface area contributed by atoms with Gasteiger partial charge in [0.1, 0.15) is 24.4 Å². The maximum atomic E-state index is 13.1. The highest BCUT2D eigenvalue weighted by atomic mass is 32.3. The molecule has 1 heterocycles. The Kier molecular flexibility index (Phi) is 44.5. The van der Waals surface area contributed by atoms with Gasteiger partial charge in [-0.15, -0.1) is 0 Å². The van der Waals surface area contributed by atoms with Gasteiger partial charge in [-0.1, -0.05) is 270 Å². The number of carbonyl (C=O) groups excluding carboxylic acids is 1. The van der Waals surface area contributed by atoms with E-state index >= 15 is 0 Å². The molecule has 0 aromatic rings. The van der Waals surface area contributed by atoms with Gasteiger partial charge in [0.2, 0.25) is 5.91 Å². The van der Waals surface area contributed by atoms with E-state index in [1.54, 1.807) is 6.08 Å². The third-order valence-corrected chi connectivity index (χ3v) is 14.5. The van der Waals surface area contributed by atoms with Crippen molar-refractivity contribution in [2.75, 3.05) is 13.2 Å². The normalized spacial score (nSPS) is 19.7. The molecule has 7 unspecified atom stereocenters. The molecule has 1 aliphatic rings. The zero-order valence-electron chi connectivity index (χ0n) is 44.4. The number of rotatable bonds is 51. The summed E-state index contributed by atoms with van der Waals surface area (Å²) in [6, 6.07) is -0.940. The van der Waals surface area contributed by atoms with E-state index in [-0.39, 0.29) is 18.9 Å². The smallest absolute Gasteiger partial charge is 0.394 e. The lowest BCUT2D eigenvalue weighted by Gasteiger charge is -2.41. The predicted octanol–water partition coefficient (Wildman–Crippen LogP) is 13.5. The monoisotopic (exact) mass is 1000 g/mol. The van der Waals surface area contributed by atoms with E-state index in [2.05, 4.69) is 23.3 Å². The minimum Gasteiger partial charge on any atom is -0.394 e. The van der Waals surface area contributed by atoms with Gasteiger partial charge in [0.15, 0.2) is 6.29 Å². The van der Waals surface area contributed by atoms with Crippen LogP contribution in [0.3, 0.4) is 0 Å². The lowest BCUT2D eigenvalue weighted by Crippen LogP contribution is -2.61. The van der Waals surface area contributed by atoms with Crippen LogP contribution in [0, 0.1) is 0 Å². The molecule has 0 saturated carbocycles. The van der Waals surface area contributed by atoms with Crippen LogP contribution in [0.1, 0.15) is 284 Å². The van der Waals surface area contributed by atoms with E-state index in [4.69, 9.17) is 9.47 Å². The number of allylic oxidation sites excluding steroid dienone is 1. The molecule has 7 atom stereocenters. The molecule has 0 aromatic heterocycles. The van der Waals surface area contributed by atoms with Crippen molar-refractivity contribution in [2.24, 2.45) is 0 Å². The van der Waals surface area contributed by atoms with Crippen molar-refractivity contribution in [3.05, 3.63) is 12.2 Å². The van der Waals surface area contributed by atoms with Crippen LogP contribution < -0.4 is 5.32 Å². The molecule has 1 fully saturated rings. The average molecular weight is 1000 g/mol. The Hall–Kier alpha value is -1.16. The van der Waals surface area contributed by atoms with Crippen LogP contribution in [0.2, 0.25) is 0 Å². The Balaban J connectivity index is 2.37. The third kappa shape index (κ3) is 39.0. The molecule has 0 spiro atoms. The van der Waals surface area contributed by atoms with Gasteiger partial charge >= 0.3 is 10.4 Å². The summed E-state index contributed by atoms with van der Waals surface area (Å²) in [6.45, 7) is 3.44. The highest BCUT2D eigenvalue weighted by Crippen LogP contribution is 2.26. The summed E-state index contributed by atoms with van der Waals surface area (Å²) < 4.78 is 47.9. The molecule has 1 amide bonds. The molecule has 12 nitrogen and oxygen atoms in total. The summed E-state index contributed by atoms with van der Waals surface area (Å²) in [7, 11) is -5.09. The molecule has 13 heteroatoms. The van der Waals surface area contributed by atoms with Crippen molar-refractivity contribution in [1.29, 1.82) is 0 Å². The predicted molar refractivity (Wildman–Crippen MR) is 282 cm³/mol. The number of hydrogen-bond acceptors (Lipinski definition) is 10. The van der Waals surface area contributed by atoms with Gasteiger partial charge in [-0.2, -0.15) is 8.42 Å². The Morgan fingerprint density at radius 2 is 0.913 bits per heavy atom. The maximum Gasteiger partial charge on any atom is 0.397 e. The Bertz CT molecular complexity index is 1270. The second-order valence-corrected chi connectivity index (χ2v) is 21.6. The summed E-state index contributed by atoms with van der Waals surface area (Å²) in [4.78, 5) is 13.1. The molecule has 410 valence electrons. The van der Waals surface area contributed by atoms with Gasteiger partial charge in [0.05, 0.1) is 25.4 Å². The molecular formula is C56H109NO11S. The molecule has 0 aliphatic carbocycles. The first-order valence-electron chi connectivity index (χ1n) is 29.1. The van der Waals surface area contributed by atoms with E-state index in [1.807, 2.05) is 6.08 Å². The van der Waals surface area contributed by atoms with E-state index in [9.17, 15) is 38.2 Å². The standard InChI is InChI=1S/C56H109NO11S/c1-3-5-7-9-11-13-15-17-19-21-23-25-27-29-31-33-35-37-39-41-43-45-50(59)49(48-66-56-54(62)55(68-69(63,64)65)53(61)51(47-58)67-56)57-52(60)46-44-42-40-38-36-34-32-30-28-26-24-22-20-18-16-14-12-10-8-6-4-2/h43,45,49-51,53-56,58-59,61-62H,3-42,44,46-48H2,1-2H3,(H,57,60)(H,63,64,65)/b45-43+. The molecule has 1 rings (SSSR count). The van der Waals surface area contributed by atoms with Crippen molar-refractivity contribution in [2.45, 2.75) is 326 Å². The molecule has 0 bridgehead atoms. The zero-order chi connectivity index (χ0) is 50.5. The fourth-order valence-corrected chi connectivity index (χ4v) is 10.1. The molecule has 1 saturated heterocycles. The maximum absolute atomic E-state index is 13.1. The van der Waals surface area contributed by atoms with E-state index in [0.717, 1.165) is 38.5 Å². The fourth-order valence-electron chi connectivity index (χ4n) is 9.58. The van der Waals surface area contributed by atoms with Gasteiger partial charge in [0.25, 0.3) is 0 Å². The van der Waals surface area contributed by atoms with Crippen molar-refractivity contribution < 1.29 is 51.8 Å². The van der Waals surface area contributed by atoms with Gasteiger partial charge in [-0.05, 0) is 19.3 Å². The van der Waals surface area contributed by atoms with Crippen molar-refractivity contribution in [3.8, 4) is 0 Å². The van der Waals surface area contributed by atoms with Crippen LogP contribution in [0.4, 0.5) is 0 Å². The quantitative estimate of drug-likeness (QED) is 0.0193. The van der Waals surface area contributed by atoms with Crippen LogP contribution in [-0.4, -0.2) is 95.4 Å². The second-order valence-electron chi connectivity index (χ2n) is 20.6. The van der Waals surface area contributed by atoms with Gasteiger partial charge in [-0.25, -0.2) is 4.18 Å². The largest absolute Gasteiger partial charge is 0.397 e. The number of carbonyl (C=O) groups is 1. The number of aliphatic hydroxyl groups excluding tert-OH is 4. The van der Waals surface area contributed by atoms with Crippen LogP contribution in [0.5, 0.6) is 0 Å². The number of nitrogens with one attached hydrogen (secondary N) is 1. The van der Waals surface area contributed by atoms with Crippen molar-refractivity contribution in [3.63, 3.8) is 0 Å². The molecule has 6 N–H and O–H groups in total. The molecule has 1 aliphatic heterocycles. The zero-order valence-corrected chi connectivity index (χ0v) is 45.2. The summed E-state index contributed by atoms with van der Waals surface area (Å²) in [5.74, 6) is -0.256. The molecular weight excluding hydrogens is 895 g/mol. The summed E-state index contributed by atoms with van der Waals surface area (Å²) >= 11 is 0. The highest BCUT2D eigenvalue weighted by Gasteiger charge is 2.48. The fraction of sp³-hybridized carbons (Fsp3) is 0.946. The van der Waals surface area contributed by atoms with Crippen molar-refractivity contribution >= 4 is 16.3 Å². The number of ether oxygens (including phenoxy) is 2. The first kappa shape index (κ1) is 65.9. The summed E-state index contributed by atoms with van der Waals surface area (Å²) in [5.41, 5.74) is 0. The molecule has 0 aromatic carbocycles. The number of hydrogen-bond donors (Lipinski definition) is 6. The van der Waals surface area contributed by atoms with Crippen LogP contribution in [0.25, 0.3) is 0 Å². The van der Waals surface area contributed by atoms with E-state index in [1.165, 1.54) is 218 Å². The first-order valence-corrected chi connectivity index (χ1v) is 30.4. The van der Waals surface area contributed by atoms with Gasteiger partial charge < -0.3 is 35.2 Å². The molecule has 0 radical (unpaired) electrons. The molecule has 69 heavy (non-hydrogen) atoms. The van der Waals surface area contributed by atoms with E-state index < -0.39 is 59.9 Å². The first-order chi connectivity index (χ1) is 33.5. The minimum atomic E-state index is -5.09. The third-order valence-electron chi connectivity index (χ3n) is 14.1. The number of unbranched alkanes of at least 4 members (excludes halogenated alkanes) is 39. The van der Waals surface area contributed by atoms with Gasteiger partial charge in [-0.3, -0.25) is 9.35 Å². The lowest BCUT2D eigenvalue weighted by molar-refractivity contribution is -0.298. The van der Waals surface area contributed by atoms with E-state index in [0.29, 0.717) is 6.42 Å². The Labute approximate surface area is 423 Å². The van der Waals surface area contributed by atoms with Crippen LogP contribution in [-0.2, 0) is 28.9 Å². The summed E-state index contributed by atoms with van der Waals surface area (Å²) in [5, 5.41) is 45.0. The van der Waals surface area contributed by atoms with Crippen LogP contribution >= 0.6 is 0 Å². The number of aliphatic hydroxyl groups is 4. The Morgan fingerprint density at radius 3 is 1.26 bits per heavy atom. The van der Waals surface area contributed by atoms with Crippen molar-refractivity contribution in [1.82, 2.24) is 5.32 Å². The van der Waals surface area contributed by atoms with Crippen LogP contribution in [0.15, 0.2) is 12.2 Å². The Morgan fingerprint density at radius 1 is 0.565 bits per heavy atom. The topological polar surface area (TPSA) is 192 Å². The summed E-state index contributed by atoms with van der Waals surface area (Å²) in [6.07, 6.45) is 46.8. The SMILES string of the molecule is CCCCCCCCCCCCCCCCCCCCC/C=C/C(O)C(COC1OC(CO)C(O)C(OS(=O)(=O)O)C1O)NC(=O)CCCCCCCCCCCCCCCCCCCCCCC. The lowest BCUT2D eigenvalue weighted by atomic mass is 9.99. The average Bonchev–Trinajstić information content (AvgIpc) is 3.32. The minimum absolute atomic E-state index is 0.256. The second kappa shape index (κ2) is 46.6.